The number of aromatic nitrogens is 4. The molecular formula is C26H26N6O3S. The van der Waals surface area contributed by atoms with Crippen LogP contribution in [0.1, 0.15) is 30.2 Å². The first-order valence-electron chi connectivity index (χ1n) is 11.8. The third-order valence-electron chi connectivity index (χ3n) is 6.38. The molecule has 1 saturated heterocycles. The molecule has 1 aliphatic rings. The summed E-state index contributed by atoms with van der Waals surface area (Å²) >= 11 is 1.52. The lowest BCUT2D eigenvalue weighted by molar-refractivity contribution is -0.122. The van der Waals surface area contributed by atoms with Gasteiger partial charge in [-0.3, -0.25) is 19.4 Å². The van der Waals surface area contributed by atoms with Crippen molar-refractivity contribution >= 4 is 34.7 Å². The minimum absolute atomic E-state index is 0.0900. The van der Waals surface area contributed by atoms with Crippen LogP contribution in [0.3, 0.4) is 0 Å². The molecule has 2 amide bonds. The van der Waals surface area contributed by atoms with Crippen LogP contribution in [0.4, 0.5) is 11.5 Å². The van der Waals surface area contributed by atoms with Crippen molar-refractivity contribution in [2.75, 3.05) is 16.8 Å². The normalized spacial score (nSPS) is 15.5. The number of nitrogens with zero attached hydrogens (tertiary/aromatic N) is 4. The van der Waals surface area contributed by atoms with Crippen molar-refractivity contribution in [3.05, 3.63) is 75.0 Å². The average Bonchev–Trinajstić information content (AvgIpc) is 3.60. The summed E-state index contributed by atoms with van der Waals surface area (Å²) in [7, 11) is 0. The molecule has 9 nitrogen and oxygen atoms in total. The predicted molar refractivity (Wildman–Crippen MR) is 140 cm³/mol. The minimum Gasteiger partial charge on any atom is -0.312 e. The van der Waals surface area contributed by atoms with Crippen LogP contribution in [0.2, 0.25) is 0 Å². The maximum absolute atomic E-state index is 13.3. The molecule has 1 aromatic carbocycles. The van der Waals surface area contributed by atoms with Crippen LogP contribution < -0.4 is 15.8 Å². The largest absolute Gasteiger partial charge is 0.312 e. The Kier molecular flexibility index (Phi) is 6.27. The van der Waals surface area contributed by atoms with Crippen LogP contribution in [0.15, 0.2) is 52.6 Å². The highest BCUT2D eigenvalue weighted by Gasteiger charge is 2.35. The van der Waals surface area contributed by atoms with E-state index in [4.69, 9.17) is 0 Å². The van der Waals surface area contributed by atoms with Gasteiger partial charge in [0.25, 0.3) is 5.56 Å². The average molecular weight is 503 g/mol. The first-order chi connectivity index (χ1) is 17.3. The van der Waals surface area contributed by atoms with E-state index in [1.165, 1.54) is 22.1 Å². The topological polar surface area (TPSA) is 113 Å². The van der Waals surface area contributed by atoms with Crippen molar-refractivity contribution < 1.29 is 9.59 Å². The molecule has 0 aliphatic carbocycles. The number of H-pyrrole nitrogens is 1. The standard InChI is InChI=1S/C26H26N6O3S/c1-4-18-12-23(33)29-26(27-18)32-22(13-20(30-32)21-6-5-9-36-21)28-25(35)17-11-24(34)31(14-17)19-8-7-15(2)16(3)10-19/h5-10,12-13,17H,4,11,14H2,1-3H3,(H,28,35)(H,27,29,33). The van der Waals surface area contributed by atoms with Crippen molar-refractivity contribution in [1.29, 1.82) is 0 Å². The number of anilines is 2. The third-order valence-corrected chi connectivity index (χ3v) is 7.27. The van der Waals surface area contributed by atoms with Crippen molar-refractivity contribution in [2.24, 2.45) is 5.92 Å². The number of benzene rings is 1. The van der Waals surface area contributed by atoms with Crippen LogP contribution >= 0.6 is 11.3 Å². The summed E-state index contributed by atoms with van der Waals surface area (Å²) in [6.07, 6.45) is 0.696. The van der Waals surface area contributed by atoms with Crippen molar-refractivity contribution in [3.8, 4) is 16.5 Å². The number of aryl methyl sites for hydroxylation is 3. The Hall–Kier alpha value is -4.05. The lowest BCUT2D eigenvalue weighted by Crippen LogP contribution is -2.29. The molecule has 3 aromatic heterocycles. The van der Waals surface area contributed by atoms with E-state index < -0.39 is 5.92 Å². The van der Waals surface area contributed by atoms with E-state index >= 15 is 0 Å². The van der Waals surface area contributed by atoms with E-state index in [1.807, 2.05) is 56.5 Å². The second kappa shape index (κ2) is 9.54. The van der Waals surface area contributed by atoms with Crippen LogP contribution in [0.25, 0.3) is 16.5 Å². The molecular weight excluding hydrogens is 476 g/mol. The Bertz CT molecular complexity index is 1500. The van der Waals surface area contributed by atoms with Crippen molar-refractivity contribution in [3.63, 3.8) is 0 Å². The van der Waals surface area contributed by atoms with Gasteiger partial charge in [0.15, 0.2) is 0 Å². The summed E-state index contributed by atoms with van der Waals surface area (Å²) < 4.78 is 1.44. The molecule has 1 aliphatic heterocycles. The number of thiophene rings is 1. The van der Waals surface area contributed by atoms with E-state index in [0.29, 0.717) is 30.2 Å². The molecule has 1 fully saturated rings. The van der Waals surface area contributed by atoms with Gasteiger partial charge in [0.1, 0.15) is 11.5 Å². The maximum Gasteiger partial charge on any atom is 0.252 e. The fourth-order valence-corrected chi connectivity index (χ4v) is 4.89. The molecule has 184 valence electrons. The second-order valence-electron chi connectivity index (χ2n) is 8.88. The highest BCUT2D eigenvalue weighted by atomic mass is 32.1. The van der Waals surface area contributed by atoms with Crippen molar-refractivity contribution in [2.45, 2.75) is 33.6 Å². The van der Waals surface area contributed by atoms with Gasteiger partial charge >= 0.3 is 0 Å². The first-order valence-corrected chi connectivity index (χ1v) is 12.6. The summed E-state index contributed by atoms with van der Waals surface area (Å²) in [5, 5.41) is 9.49. The molecule has 1 atom stereocenters. The zero-order chi connectivity index (χ0) is 25.4. The van der Waals surface area contributed by atoms with Gasteiger partial charge in [-0.2, -0.15) is 9.78 Å². The van der Waals surface area contributed by atoms with Crippen LogP contribution in [0.5, 0.6) is 0 Å². The van der Waals surface area contributed by atoms with Crippen LogP contribution in [-0.2, 0) is 16.0 Å². The van der Waals surface area contributed by atoms with Crippen LogP contribution in [0, 0.1) is 19.8 Å². The molecule has 1 unspecified atom stereocenters. The Morgan fingerprint density at radius 1 is 1.17 bits per heavy atom. The second-order valence-corrected chi connectivity index (χ2v) is 9.83. The fourth-order valence-electron chi connectivity index (χ4n) is 4.21. The van der Waals surface area contributed by atoms with Gasteiger partial charge in [0, 0.05) is 36.5 Å². The summed E-state index contributed by atoms with van der Waals surface area (Å²) in [6.45, 7) is 6.22. The van der Waals surface area contributed by atoms with E-state index in [-0.39, 0.29) is 29.7 Å². The van der Waals surface area contributed by atoms with Gasteiger partial charge in [0.05, 0.1) is 10.8 Å². The van der Waals surface area contributed by atoms with Gasteiger partial charge in [-0.25, -0.2) is 4.98 Å². The number of carbonyl (C=O) groups is 2. The predicted octanol–water partition coefficient (Wildman–Crippen LogP) is 3.85. The number of rotatable bonds is 6. The van der Waals surface area contributed by atoms with E-state index in [1.54, 1.807) is 11.0 Å². The number of hydrogen-bond donors (Lipinski definition) is 2. The Labute approximate surface area is 211 Å². The molecule has 2 N–H and O–H groups in total. The number of carbonyl (C=O) groups excluding carboxylic acids is 2. The fraction of sp³-hybridized carbons (Fsp3) is 0.269. The lowest BCUT2D eigenvalue weighted by Gasteiger charge is -2.18. The lowest BCUT2D eigenvalue weighted by atomic mass is 10.1. The first kappa shape index (κ1) is 23.7. The summed E-state index contributed by atoms with van der Waals surface area (Å²) in [5.74, 6) is -0.314. The molecule has 5 rings (SSSR count). The monoisotopic (exact) mass is 502 g/mol. The maximum atomic E-state index is 13.3. The van der Waals surface area contributed by atoms with Crippen molar-refractivity contribution in [1.82, 2.24) is 19.7 Å². The number of aromatic amines is 1. The van der Waals surface area contributed by atoms with E-state index in [2.05, 4.69) is 20.4 Å². The molecule has 0 radical (unpaired) electrons. The SMILES string of the molecule is CCc1cc(=O)[nH]c(-n2nc(-c3cccs3)cc2NC(=O)C2CC(=O)N(c3ccc(C)c(C)c3)C2)n1. The number of amides is 2. The molecule has 0 bridgehead atoms. The smallest absolute Gasteiger partial charge is 0.252 e. The number of nitrogens with one attached hydrogen (secondary N) is 2. The van der Waals surface area contributed by atoms with E-state index in [0.717, 1.165) is 21.7 Å². The van der Waals surface area contributed by atoms with E-state index in [9.17, 15) is 14.4 Å². The van der Waals surface area contributed by atoms with Gasteiger partial charge in [-0.15, -0.1) is 11.3 Å². The Morgan fingerprint density at radius 2 is 2.00 bits per heavy atom. The molecule has 4 aromatic rings. The zero-order valence-corrected chi connectivity index (χ0v) is 21.1. The quantitative estimate of drug-likeness (QED) is 0.416. The molecule has 10 heteroatoms. The van der Waals surface area contributed by atoms with Gasteiger partial charge in [-0.1, -0.05) is 19.1 Å². The minimum atomic E-state index is -0.526. The third kappa shape index (κ3) is 4.59. The van der Waals surface area contributed by atoms with Gasteiger partial charge in [-0.05, 0) is 55.0 Å². The highest BCUT2D eigenvalue weighted by Crippen LogP contribution is 2.30. The number of hydrogen-bond acceptors (Lipinski definition) is 6. The van der Waals surface area contributed by atoms with Gasteiger partial charge < -0.3 is 10.2 Å². The van der Waals surface area contributed by atoms with Gasteiger partial charge in [0.2, 0.25) is 17.8 Å². The zero-order valence-electron chi connectivity index (χ0n) is 20.2. The molecule has 36 heavy (non-hydrogen) atoms. The molecule has 0 spiro atoms. The Morgan fingerprint density at radius 3 is 2.72 bits per heavy atom. The molecule has 0 saturated carbocycles. The summed E-state index contributed by atoms with van der Waals surface area (Å²) in [4.78, 5) is 48.1. The molecule has 4 heterocycles. The summed E-state index contributed by atoms with van der Waals surface area (Å²) in [5.41, 5.74) is 3.99. The summed E-state index contributed by atoms with van der Waals surface area (Å²) in [6, 6.07) is 12.9. The Balaban J connectivity index is 1.44. The highest BCUT2D eigenvalue weighted by molar-refractivity contribution is 7.13. The van der Waals surface area contributed by atoms with Crippen LogP contribution in [-0.4, -0.2) is 38.1 Å².